The Morgan fingerprint density at radius 1 is 1.33 bits per heavy atom. The Bertz CT molecular complexity index is 342. The number of nitrogens with zero attached hydrogens (tertiary/aromatic N) is 1. The highest BCUT2D eigenvalue weighted by Crippen LogP contribution is 2.24. The number of hydrogen-bond acceptors (Lipinski definition) is 6. The second-order valence-corrected chi connectivity index (χ2v) is 2.80. The molecule has 0 fully saturated rings. The van der Waals surface area contributed by atoms with Crippen LogP contribution < -0.4 is 0 Å². The number of ether oxygens (including phenoxy) is 3. The molecule has 0 aliphatic rings. The van der Waals surface area contributed by atoms with Gasteiger partial charge in [0, 0.05) is 14.2 Å². The molecule has 0 aliphatic heterocycles. The van der Waals surface area contributed by atoms with Gasteiger partial charge in [0.15, 0.2) is 0 Å². The predicted molar refractivity (Wildman–Crippen MR) is 49.3 cm³/mol. The summed E-state index contributed by atoms with van der Waals surface area (Å²) in [6, 6.07) is 0. The zero-order valence-electron chi connectivity index (χ0n) is 9.07. The lowest BCUT2D eigenvalue weighted by Gasteiger charge is -2.10. The molecule has 0 N–H and O–H groups in total. The molecular weight excluding hydrogens is 202 g/mol. The van der Waals surface area contributed by atoms with Crippen molar-refractivity contribution < 1.29 is 23.5 Å². The minimum atomic E-state index is -0.764. The van der Waals surface area contributed by atoms with Crippen molar-refractivity contribution in [2.24, 2.45) is 0 Å². The Kier molecular flexibility index (Phi) is 3.81. The van der Waals surface area contributed by atoms with E-state index in [0.717, 1.165) is 0 Å². The molecule has 1 aromatic heterocycles. The lowest BCUT2D eigenvalue weighted by molar-refractivity contribution is -0.120. The number of esters is 1. The molecule has 0 saturated carbocycles. The van der Waals surface area contributed by atoms with E-state index < -0.39 is 12.3 Å². The summed E-state index contributed by atoms with van der Waals surface area (Å²) in [4.78, 5) is 11.4. The van der Waals surface area contributed by atoms with Crippen LogP contribution in [0.15, 0.2) is 4.52 Å². The molecule has 0 unspecified atom stereocenters. The minimum absolute atomic E-state index is 0.212. The molecular formula is C9H13NO5. The second-order valence-electron chi connectivity index (χ2n) is 2.80. The van der Waals surface area contributed by atoms with E-state index in [4.69, 9.17) is 14.0 Å². The first-order chi connectivity index (χ1) is 7.15. The molecule has 1 aromatic rings. The molecule has 0 saturated heterocycles. The molecule has 0 spiro atoms. The molecule has 0 radical (unpaired) electrons. The number of aryl methyl sites for hydroxylation is 1. The van der Waals surface area contributed by atoms with Crippen LogP contribution >= 0.6 is 0 Å². The largest absolute Gasteiger partial charge is 0.465 e. The number of carbonyl (C=O) groups is 1. The third-order valence-corrected chi connectivity index (χ3v) is 1.92. The number of methoxy groups -OCH3 is 3. The van der Waals surface area contributed by atoms with E-state index in [-0.39, 0.29) is 11.3 Å². The zero-order chi connectivity index (χ0) is 11.4. The van der Waals surface area contributed by atoms with Gasteiger partial charge >= 0.3 is 5.97 Å². The second kappa shape index (κ2) is 4.90. The van der Waals surface area contributed by atoms with Gasteiger partial charge in [-0.3, -0.25) is 0 Å². The van der Waals surface area contributed by atoms with Gasteiger partial charge in [0.05, 0.1) is 12.8 Å². The van der Waals surface area contributed by atoms with Gasteiger partial charge in [-0.25, -0.2) is 4.79 Å². The summed E-state index contributed by atoms with van der Waals surface area (Å²) in [5.74, 6) is -0.313. The predicted octanol–water partition coefficient (Wildman–Crippen LogP) is 1.06. The first-order valence-corrected chi connectivity index (χ1v) is 4.25. The fourth-order valence-electron chi connectivity index (χ4n) is 1.21. The highest BCUT2D eigenvalue weighted by Gasteiger charge is 2.27. The highest BCUT2D eigenvalue weighted by molar-refractivity contribution is 5.91. The standard InChI is InChI=1S/C9H13NO5/c1-5-6(8(11)12-2)7(15-10-5)9(13-3)14-4/h9H,1-4H3. The van der Waals surface area contributed by atoms with Crippen LogP contribution in [0, 0.1) is 6.92 Å². The van der Waals surface area contributed by atoms with E-state index in [0.29, 0.717) is 5.69 Å². The zero-order valence-corrected chi connectivity index (χ0v) is 9.07. The molecule has 6 heteroatoms. The van der Waals surface area contributed by atoms with Crippen LogP contribution in [0.5, 0.6) is 0 Å². The van der Waals surface area contributed by atoms with Crippen molar-refractivity contribution in [3.05, 3.63) is 17.0 Å². The van der Waals surface area contributed by atoms with Gasteiger partial charge in [0.1, 0.15) is 5.56 Å². The van der Waals surface area contributed by atoms with Gasteiger partial charge in [-0.15, -0.1) is 0 Å². The Morgan fingerprint density at radius 2 is 1.93 bits per heavy atom. The summed E-state index contributed by atoms with van der Waals surface area (Å²) in [5, 5.41) is 3.67. The van der Waals surface area contributed by atoms with Crippen LogP contribution in [0.3, 0.4) is 0 Å². The Balaban J connectivity index is 3.13. The van der Waals surface area contributed by atoms with E-state index in [9.17, 15) is 4.79 Å². The molecule has 0 aromatic carbocycles. The maximum Gasteiger partial charge on any atom is 0.343 e. The van der Waals surface area contributed by atoms with E-state index in [2.05, 4.69) is 9.89 Å². The molecule has 1 rings (SSSR count). The molecule has 0 atom stereocenters. The number of hydrogen-bond donors (Lipinski definition) is 0. The monoisotopic (exact) mass is 215 g/mol. The van der Waals surface area contributed by atoms with Crippen molar-refractivity contribution in [1.29, 1.82) is 0 Å². The van der Waals surface area contributed by atoms with Crippen molar-refractivity contribution >= 4 is 5.97 Å². The van der Waals surface area contributed by atoms with Crippen LogP contribution in [-0.4, -0.2) is 32.5 Å². The normalized spacial score (nSPS) is 10.7. The number of aromatic nitrogens is 1. The van der Waals surface area contributed by atoms with Crippen LogP contribution in [0.1, 0.15) is 28.1 Å². The maximum atomic E-state index is 11.4. The van der Waals surface area contributed by atoms with Crippen LogP contribution in [-0.2, 0) is 14.2 Å². The van der Waals surface area contributed by atoms with E-state index >= 15 is 0 Å². The van der Waals surface area contributed by atoms with E-state index in [1.165, 1.54) is 21.3 Å². The summed E-state index contributed by atoms with van der Waals surface area (Å²) in [6.45, 7) is 1.64. The fraction of sp³-hybridized carbons (Fsp3) is 0.556. The topological polar surface area (TPSA) is 70.8 Å². The molecule has 0 bridgehead atoms. The van der Waals surface area contributed by atoms with Crippen molar-refractivity contribution in [3.63, 3.8) is 0 Å². The van der Waals surface area contributed by atoms with Gasteiger partial charge in [-0.1, -0.05) is 5.16 Å². The lowest BCUT2D eigenvalue weighted by Crippen LogP contribution is -2.10. The average Bonchev–Trinajstić information content (AvgIpc) is 2.61. The average molecular weight is 215 g/mol. The van der Waals surface area contributed by atoms with Crippen LogP contribution in [0.2, 0.25) is 0 Å². The number of carbonyl (C=O) groups excluding carboxylic acids is 1. The van der Waals surface area contributed by atoms with Crippen molar-refractivity contribution in [1.82, 2.24) is 5.16 Å². The lowest BCUT2D eigenvalue weighted by atomic mass is 10.2. The van der Waals surface area contributed by atoms with Gasteiger partial charge in [0.25, 0.3) is 0 Å². The third kappa shape index (κ3) is 2.16. The van der Waals surface area contributed by atoms with Crippen LogP contribution in [0.25, 0.3) is 0 Å². The quantitative estimate of drug-likeness (QED) is 0.552. The summed E-state index contributed by atoms with van der Waals surface area (Å²) in [5.41, 5.74) is 0.683. The molecule has 84 valence electrons. The molecule has 0 aliphatic carbocycles. The van der Waals surface area contributed by atoms with Gasteiger partial charge in [-0.2, -0.15) is 0 Å². The van der Waals surface area contributed by atoms with Crippen molar-refractivity contribution in [2.45, 2.75) is 13.2 Å². The SMILES string of the molecule is COC(=O)c1c(C)noc1C(OC)OC. The fourth-order valence-corrected chi connectivity index (χ4v) is 1.21. The van der Waals surface area contributed by atoms with Gasteiger partial charge in [-0.05, 0) is 6.92 Å². The molecule has 0 amide bonds. The smallest absolute Gasteiger partial charge is 0.343 e. The maximum absolute atomic E-state index is 11.4. The highest BCUT2D eigenvalue weighted by atomic mass is 16.7. The number of rotatable bonds is 4. The van der Waals surface area contributed by atoms with E-state index in [1.807, 2.05) is 0 Å². The molecule has 6 nitrogen and oxygen atoms in total. The van der Waals surface area contributed by atoms with Crippen molar-refractivity contribution in [2.75, 3.05) is 21.3 Å². The van der Waals surface area contributed by atoms with E-state index in [1.54, 1.807) is 6.92 Å². The first-order valence-electron chi connectivity index (χ1n) is 4.25. The van der Waals surface area contributed by atoms with Gasteiger partial charge < -0.3 is 18.7 Å². The third-order valence-electron chi connectivity index (χ3n) is 1.92. The summed E-state index contributed by atoms with van der Waals surface area (Å²) in [7, 11) is 4.16. The summed E-state index contributed by atoms with van der Waals surface area (Å²) in [6.07, 6.45) is -0.764. The van der Waals surface area contributed by atoms with Crippen molar-refractivity contribution in [3.8, 4) is 0 Å². The summed E-state index contributed by atoms with van der Waals surface area (Å²) < 4.78 is 19.5. The Morgan fingerprint density at radius 3 is 2.40 bits per heavy atom. The molecule has 1 heterocycles. The first kappa shape index (κ1) is 11.7. The molecule has 15 heavy (non-hydrogen) atoms. The summed E-state index contributed by atoms with van der Waals surface area (Å²) >= 11 is 0. The van der Waals surface area contributed by atoms with Gasteiger partial charge in [0.2, 0.25) is 12.1 Å². The Labute approximate surface area is 87.1 Å². The Hall–Kier alpha value is -1.40. The minimum Gasteiger partial charge on any atom is -0.465 e. The van der Waals surface area contributed by atoms with Crippen LogP contribution in [0.4, 0.5) is 0 Å².